The number of hydrogen-bond donors (Lipinski definition) is 1. The Morgan fingerprint density at radius 1 is 1.23 bits per heavy atom. The summed E-state index contributed by atoms with van der Waals surface area (Å²) in [5.74, 6) is -0.981. The fourth-order valence-electron chi connectivity index (χ4n) is 3.60. The third-order valence-electron chi connectivity index (χ3n) is 4.87. The number of ether oxygens (including phenoxy) is 1. The molecular weight excluding hydrogens is 373 g/mol. The highest BCUT2D eigenvalue weighted by molar-refractivity contribution is 7.92. The summed E-state index contributed by atoms with van der Waals surface area (Å²) in [6.07, 6.45) is 0. The molecule has 1 aliphatic carbocycles. The Morgan fingerprint density at radius 2 is 1.92 bits per heavy atom. The maximum Gasteiger partial charge on any atom is 0.182 e. The van der Waals surface area contributed by atoms with Crippen molar-refractivity contribution < 1.29 is 17.5 Å². The molecule has 26 heavy (non-hydrogen) atoms. The van der Waals surface area contributed by atoms with Gasteiger partial charge in [0.25, 0.3) is 0 Å². The van der Waals surface area contributed by atoms with Crippen LogP contribution in [0, 0.1) is 11.2 Å². The second-order valence-electron chi connectivity index (χ2n) is 6.35. The third-order valence-corrected chi connectivity index (χ3v) is 7.54. The van der Waals surface area contributed by atoms with Crippen molar-refractivity contribution in [3.05, 3.63) is 66.0 Å². The molecule has 2 aromatic rings. The van der Waals surface area contributed by atoms with Gasteiger partial charge in [0, 0.05) is 12.5 Å². The largest absolute Gasteiger partial charge is 0.393 e. The van der Waals surface area contributed by atoms with E-state index in [1.165, 1.54) is 12.1 Å². The molecular formula is C19H20FNO3S2. The molecule has 0 heterocycles. The summed E-state index contributed by atoms with van der Waals surface area (Å²) in [5, 5.41) is -0.886. The third kappa shape index (κ3) is 3.04. The van der Waals surface area contributed by atoms with Gasteiger partial charge in [-0.15, -0.1) is 0 Å². The molecule has 1 saturated carbocycles. The molecule has 0 aromatic heterocycles. The zero-order valence-corrected chi connectivity index (χ0v) is 15.9. The standard InChI is InChI=1S/C19H20FNO3S2/c1-2-24-12-19(18(21)25)16(13-7-6-8-14(20)11-13)17(19)26(22,23)15-9-4-3-5-10-15/h3-11,16-17H,2,12H2,1H3,(H2,21,25)/t16-,17+,19+/m1/s1. The molecule has 3 atom stereocenters. The van der Waals surface area contributed by atoms with Crippen molar-refractivity contribution in [1.82, 2.24) is 0 Å². The highest BCUT2D eigenvalue weighted by Gasteiger charge is 2.73. The number of hydrogen-bond acceptors (Lipinski definition) is 4. The Morgan fingerprint density at radius 3 is 2.50 bits per heavy atom. The molecule has 0 aliphatic heterocycles. The minimum atomic E-state index is -3.73. The van der Waals surface area contributed by atoms with Crippen molar-refractivity contribution in [3.63, 3.8) is 0 Å². The number of thiocarbonyl (C=S) groups is 1. The van der Waals surface area contributed by atoms with Gasteiger partial charge in [-0.1, -0.05) is 42.5 Å². The first kappa shape index (κ1) is 18.9. The van der Waals surface area contributed by atoms with Gasteiger partial charge in [0.05, 0.1) is 27.2 Å². The molecule has 2 aromatic carbocycles. The summed E-state index contributed by atoms with van der Waals surface area (Å²) in [6, 6.07) is 14.1. The summed E-state index contributed by atoms with van der Waals surface area (Å²) < 4.78 is 45.9. The van der Waals surface area contributed by atoms with E-state index in [4.69, 9.17) is 22.7 Å². The van der Waals surface area contributed by atoms with Gasteiger partial charge in [0.15, 0.2) is 9.84 Å². The van der Waals surface area contributed by atoms with Gasteiger partial charge in [-0.2, -0.15) is 0 Å². The number of halogens is 1. The molecule has 0 amide bonds. The van der Waals surface area contributed by atoms with E-state index in [-0.39, 0.29) is 16.5 Å². The second-order valence-corrected chi connectivity index (χ2v) is 8.86. The highest BCUT2D eigenvalue weighted by atomic mass is 32.2. The first-order valence-electron chi connectivity index (χ1n) is 8.27. The summed E-state index contributed by atoms with van der Waals surface area (Å²) >= 11 is 5.25. The Labute approximate surface area is 158 Å². The molecule has 3 rings (SSSR count). The van der Waals surface area contributed by atoms with Crippen LogP contribution in [-0.2, 0) is 14.6 Å². The lowest BCUT2D eigenvalue weighted by Gasteiger charge is -2.17. The van der Waals surface area contributed by atoms with Crippen molar-refractivity contribution in [2.75, 3.05) is 13.2 Å². The van der Waals surface area contributed by atoms with Crippen LogP contribution in [-0.4, -0.2) is 31.9 Å². The normalized spacial score (nSPS) is 25.0. The lowest BCUT2D eigenvalue weighted by Crippen LogP contribution is -2.33. The SMILES string of the molecule is CCOC[C@]1(C(N)=S)[C@H](c2cccc(F)c2)[C@@H]1S(=O)(=O)c1ccccc1. The number of sulfone groups is 1. The van der Waals surface area contributed by atoms with Gasteiger partial charge in [-0.3, -0.25) is 0 Å². The zero-order chi connectivity index (χ0) is 18.9. The lowest BCUT2D eigenvalue weighted by atomic mass is 10.00. The van der Waals surface area contributed by atoms with E-state index < -0.39 is 32.2 Å². The zero-order valence-electron chi connectivity index (χ0n) is 14.3. The van der Waals surface area contributed by atoms with Crippen LogP contribution in [0.3, 0.4) is 0 Å². The van der Waals surface area contributed by atoms with Crippen LogP contribution in [0.5, 0.6) is 0 Å². The molecule has 1 aliphatic rings. The quantitative estimate of drug-likeness (QED) is 0.732. The van der Waals surface area contributed by atoms with Crippen LogP contribution >= 0.6 is 12.2 Å². The van der Waals surface area contributed by atoms with E-state index >= 15 is 0 Å². The molecule has 0 unspecified atom stereocenters. The molecule has 1 fully saturated rings. The van der Waals surface area contributed by atoms with Crippen LogP contribution in [0.25, 0.3) is 0 Å². The first-order chi connectivity index (χ1) is 12.4. The Bertz CT molecular complexity index is 917. The molecule has 138 valence electrons. The van der Waals surface area contributed by atoms with Crippen LogP contribution in [0.2, 0.25) is 0 Å². The van der Waals surface area contributed by atoms with E-state index in [1.807, 2.05) is 6.92 Å². The topological polar surface area (TPSA) is 69.4 Å². The summed E-state index contributed by atoms with van der Waals surface area (Å²) in [5.41, 5.74) is 5.51. The van der Waals surface area contributed by atoms with E-state index in [0.717, 1.165) is 0 Å². The van der Waals surface area contributed by atoms with E-state index in [0.29, 0.717) is 12.2 Å². The van der Waals surface area contributed by atoms with Gasteiger partial charge in [-0.05, 0) is 36.8 Å². The van der Waals surface area contributed by atoms with E-state index in [2.05, 4.69) is 0 Å². The molecule has 0 spiro atoms. The predicted molar refractivity (Wildman–Crippen MR) is 102 cm³/mol. The fourth-order valence-corrected chi connectivity index (χ4v) is 6.39. The van der Waals surface area contributed by atoms with Crippen molar-refractivity contribution in [2.45, 2.75) is 23.0 Å². The Kier molecular flexibility index (Phi) is 5.14. The van der Waals surface area contributed by atoms with Crippen molar-refractivity contribution >= 4 is 27.0 Å². The Balaban J connectivity index is 2.12. The van der Waals surface area contributed by atoms with E-state index in [9.17, 15) is 12.8 Å². The number of rotatable bonds is 7. The minimum absolute atomic E-state index is 0.0738. The van der Waals surface area contributed by atoms with Crippen molar-refractivity contribution in [1.29, 1.82) is 0 Å². The molecule has 4 nitrogen and oxygen atoms in total. The predicted octanol–water partition coefficient (Wildman–Crippen LogP) is 3.07. The Hall–Kier alpha value is -1.83. The van der Waals surface area contributed by atoms with Gasteiger partial charge in [-0.25, -0.2) is 12.8 Å². The van der Waals surface area contributed by atoms with Crippen LogP contribution < -0.4 is 5.73 Å². The summed E-state index contributed by atoms with van der Waals surface area (Å²) in [6.45, 7) is 2.29. The van der Waals surface area contributed by atoms with Crippen LogP contribution in [0.15, 0.2) is 59.5 Å². The van der Waals surface area contributed by atoms with Crippen molar-refractivity contribution in [2.24, 2.45) is 11.1 Å². The van der Waals surface area contributed by atoms with Crippen molar-refractivity contribution in [3.8, 4) is 0 Å². The second kappa shape index (κ2) is 7.06. The van der Waals surface area contributed by atoms with Gasteiger partial charge >= 0.3 is 0 Å². The molecule has 2 N–H and O–H groups in total. The smallest absolute Gasteiger partial charge is 0.182 e. The average Bonchev–Trinajstić information content (AvgIpc) is 3.32. The lowest BCUT2D eigenvalue weighted by molar-refractivity contribution is 0.121. The monoisotopic (exact) mass is 393 g/mol. The fraction of sp³-hybridized carbons (Fsp3) is 0.316. The summed E-state index contributed by atoms with van der Waals surface area (Å²) in [7, 11) is -3.73. The molecule has 0 saturated heterocycles. The number of benzene rings is 2. The molecule has 7 heteroatoms. The maximum absolute atomic E-state index is 13.8. The van der Waals surface area contributed by atoms with Gasteiger partial charge in [0.2, 0.25) is 0 Å². The summed E-state index contributed by atoms with van der Waals surface area (Å²) in [4.78, 5) is 0.269. The van der Waals surface area contributed by atoms with Crippen LogP contribution in [0.1, 0.15) is 18.4 Å². The van der Waals surface area contributed by atoms with Gasteiger partial charge in [0.1, 0.15) is 5.82 Å². The van der Waals surface area contributed by atoms with E-state index in [1.54, 1.807) is 42.5 Å². The maximum atomic E-state index is 13.8. The van der Waals surface area contributed by atoms with Crippen LogP contribution in [0.4, 0.5) is 4.39 Å². The minimum Gasteiger partial charge on any atom is -0.393 e. The number of nitrogens with two attached hydrogens (primary N) is 1. The molecule has 0 radical (unpaired) electrons. The highest BCUT2D eigenvalue weighted by Crippen LogP contribution is 2.64. The first-order valence-corrected chi connectivity index (χ1v) is 10.2. The average molecular weight is 394 g/mol. The van der Waals surface area contributed by atoms with Gasteiger partial charge < -0.3 is 10.5 Å². The molecule has 0 bridgehead atoms.